The van der Waals surface area contributed by atoms with Crippen LogP contribution in [0, 0.1) is 5.92 Å². The van der Waals surface area contributed by atoms with Gasteiger partial charge in [-0.15, -0.1) is 0 Å². The minimum absolute atomic E-state index is 0.0527. The SMILES string of the molecule is NC(=O)OC1CNCC(CF)C1. The summed E-state index contributed by atoms with van der Waals surface area (Å²) < 4.78 is 16.9. The second-order valence-electron chi connectivity index (χ2n) is 2.97. The van der Waals surface area contributed by atoms with E-state index in [1.165, 1.54) is 0 Å². The Morgan fingerprint density at radius 2 is 2.42 bits per heavy atom. The van der Waals surface area contributed by atoms with Crippen LogP contribution in [0.3, 0.4) is 0 Å². The average molecular weight is 176 g/mol. The van der Waals surface area contributed by atoms with Crippen molar-refractivity contribution < 1.29 is 13.9 Å². The van der Waals surface area contributed by atoms with Crippen LogP contribution in [-0.2, 0) is 4.74 Å². The fourth-order valence-corrected chi connectivity index (χ4v) is 1.36. The van der Waals surface area contributed by atoms with Gasteiger partial charge in [-0.25, -0.2) is 4.79 Å². The van der Waals surface area contributed by atoms with Gasteiger partial charge >= 0.3 is 6.09 Å². The maximum atomic E-state index is 12.2. The van der Waals surface area contributed by atoms with Crippen LogP contribution in [0.25, 0.3) is 0 Å². The zero-order valence-corrected chi connectivity index (χ0v) is 6.75. The van der Waals surface area contributed by atoms with Crippen molar-refractivity contribution >= 4 is 6.09 Å². The number of halogens is 1. The summed E-state index contributed by atoms with van der Waals surface area (Å²) in [5, 5.41) is 2.97. The Balaban J connectivity index is 2.30. The number of amides is 1. The summed E-state index contributed by atoms with van der Waals surface area (Å²) in [6.07, 6.45) is -0.495. The molecule has 1 aliphatic rings. The standard InChI is InChI=1S/C7H13FN2O2/c8-2-5-1-6(4-10-3-5)12-7(9)11/h5-6,10H,1-4H2,(H2,9,11). The number of carbonyl (C=O) groups excluding carboxylic acids is 1. The molecule has 12 heavy (non-hydrogen) atoms. The first-order valence-corrected chi connectivity index (χ1v) is 3.95. The van der Waals surface area contributed by atoms with E-state index < -0.39 is 6.09 Å². The van der Waals surface area contributed by atoms with Crippen LogP contribution in [0.2, 0.25) is 0 Å². The molecular formula is C7H13FN2O2. The normalized spacial score (nSPS) is 29.8. The second-order valence-corrected chi connectivity index (χ2v) is 2.97. The number of rotatable bonds is 2. The molecule has 0 saturated carbocycles. The summed E-state index contributed by atoms with van der Waals surface area (Å²) in [5.74, 6) is -0.0527. The minimum Gasteiger partial charge on any atom is -0.445 e. The zero-order chi connectivity index (χ0) is 8.97. The number of alkyl halides is 1. The molecule has 2 atom stereocenters. The monoisotopic (exact) mass is 176 g/mol. The largest absolute Gasteiger partial charge is 0.445 e. The molecule has 1 saturated heterocycles. The van der Waals surface area contributed by atoms with Crippen molar-refractivity contribution in [2.24, 2.45) is 11.7 Å². The molecule has 5 heteroatoms. The van der Waals surface area contributed by atoms with Crippen LogP contribution in [0.1, 0.15) is 6.42 Å². The van der Waals surface area contributed by atoms with Gasteiger partial charge in [0.25, 0.3) is 0 Å². The highest BCUT2D eigenvalue weighted by Crippen LogP contribution is 2.13. The number of hydrogen-bond donors (Lipinski definition) is 2. The third-order valence-electron chi connectivity index (χ3n) is 1.90. The van der Waals surface area contributed by atoms with Crippen LogP contribution in [0.5, 0.6) is 0 Å². The molecule has 0 aromatic carbocycles. The van der Waals surface area contributed by atoms with Gasteiger partial charge in [-0.1, -0.05) is 0 Å². The first kappa shape index (κ1) is 9.25. The Hall–Kier alpha value is -0.840. The lowest BCUT2D eigenvalue weighted by Gasteiger charge is -2.27. The molecule has 1 rings (SSSR count). The second kappa shape index (κ2) is 4.25. The third kappa shape index (κ3) is 2.65. The van der Waals surface area contributed by atoms with Gasteiger partial charge in [0, 0.05) is 19.0 Å². The van der Waals surface area contributed by atoms with Gasteiger partial charge in [-0.2, -0.15) is 0 Å². The molecule has 1 fully saturated rings. The minimum atomic E-state index is -0.790. The topological polar surface area (TPSA) is 64.4 Å². The van der Waals surface area contributed by atoms with Crippen LogP contribution in [0.15, 0.2) is 0 Å². The highest BCUT2D eigenvalue weighted by Gasteiger charge is 2.23. The molecule has 0 spiro atoms. The lowest BCUT2D eigenvalue weighted by atomic mass is 9.99. The summed E-state index contributed by atoms with van der Waals surface area (Å²) in [5.41, 5.74) is 4.83. The van der Waals surface area contributed by atoms with Crippen LogP contribution < -0.4 is 11.1 Å². The Morgan fingerprint density at radius 1 is 1.67 bits per heavy atom. The molecular weight excluding hydrogens is 163 g/mol. The van der Waals surface area contributed by atoms with Gasteiger partial charge in [0.05, 0.1) is 6.67 Å². The number of carbonyl (C=O) groups is 1. The van der Waals surface area contributed by atoms with Crippen molar-refractivity contribution in [3.05, 3.63) is 0 Å². The molecule has 0 radical (unpaired) electrons. The number of hydrogen-bond acceptors (Lipinski definition) is 3. The highest BCUT2D eigenvalue weighted by molar-refractivity contribution is 5.64. The molecule has 70 valence electrons. The van der Waals surface area contributed by atoms with Gasteiger partial charge in [0.15, 0.2) is 0 Å². The summed E-state index contributed by atoms with van der Waals surface area (Å²) in [6, 6.07) is 0. The summed E-state index contributed by atoms with van der Waals surface area (Å²) >= 11 is 0. The number of piperidine rings is 1. The predicted octanol–water partition coefficient (Wildman–Crippen LogP) is 0.0293. The number of ether oxygens (including phenoxy) is 1. The molecule has 4 nitrogen and oxygen atoms in total. The van der Waals surface area contributed by atoms with Crippen molar-refractivity contribution in [3.63, 3.8) is 0 Å². The van der Waals surface area contributed by atoms with E-state index >= 15 is 0 Å². The Kier molecular flexibility index (Phi) is 3.28. The first-order valence-electron chi connectivity index (χ1n) is 3.95. The van der Waals surface area contributed by atoms with Gasteiger partial charge in [-0.05, 0) is 6.42 Å². The Morgan fingerprint density at radius 3 is 3.00 bits per heavy atom. The molecule has 0 bridgehead atoms. The molecule has 0 aromatic rings. The zero-order valence-electron chi connectivity index (χ0n) is 6.75. The molecule has 1 amide bonds. The van der Waals surface area contributed by atoms with Gasteiger partial charge in [0.1, 0.15) is 6.10 Å². The van der Waals surface area contributed by atoms with E-state index in [0.29, 0.717) is 19.5 Å². The van der Waals surface area contributed by atoms with E-state index in [1.807, 2.05) is 0 Å². The molecule has 2 unspecified atom stereocenters. The lowest BCUT2D eigenvalue weighted by Crippen LogP contribution is -2.43. The van der Waals surface area contributed by atoms with E-state index in [2.05, 4.69) is 5.32 Å². The number of nitrogens with one attached hydrogen (secondary N) is 1. The van der Waals surface area contributed by atoms with Crippen molar-refractivity contribution in [2.75, 3.05) is 19.8 Å². The number of nitrogens with two attached hydrogens (primary N) is 1. The van der Waals surface area contributed by atoms with Crippen LogP contribution in [0.4, 0.5) is 9.18 Å². The van der Waals surface area contributed by atoms with E-state index in [9.17, 15) is 9.18 Å². The van der Waals surface area contributed by atoms with Crippen LogP contribution in [-0.4, -0.2) is 32.0 Å². The molecule has 1 heterocycles. The summed E-state index contributed by atoms with van der Waals surface area (Å²) in [7, 11) is 0. The highest BCUT2D eigenvalue weighted by atomic mass is 19.1. The lowest BCUT2D eigenvalue weighted by molar-refractivity contribution is 0.0700. The maximum absolute atomic E-state index is 12.2. The Bertz CT molecular complexity index is 165. The fourth-order valence-electron chi connectivity index (χ4n) is 1.36. The fraction of sp³-hybridized carbons (Fsp3) is 0.857. The van der Waals surface area contributed by atoms with Crippen molar-refractivity contribution in [1.82, 2.24) is 5.32 Å². The van der Waals surface area contributed by atoms with E-state index in [-0.39, 0.29) is 18.7 Å². The maximum Gasteiger partial charge on any atom is 0.404 e. The predicted molar refractivity (Wildman–Crippen MR) is 41.4 cm³/mol. The number of primary amides is 1. The van der Waals surface area contributed by atoms with Gasteiger partial charge in [-0.3, -0.25) is 4.39 Å². The average Bonchev–Trinajstić information content (AvgIpc) is 2.03. The Labute approximate surface area is 70.3 Å². The molecule has 3 N–H and O–H groups in total. The molecule has 1 aliphatic heterocycles. The van der Waals surface area contributed by atoms with Gasteiger partial charge < -0.3 is 15.8 Å². The summed E-state index contributed by atoms with van der Waals surface area (Å²) in [4.78, 5) is 10.3. The molecule has 0 aliphatic carbocycles. The van der Waals surface area contributed by atoms with E-state index in [4.69, 9.17) is 10.5 Å². The van der Waals surface area contributed by atoms with Crippen molar-refractivity contribution in [1.29, 1.82) is 0 Å². The quantitative estimate of drug-likeness (QED) is 0.623. The van der Waals surface area contributed by atoms with Crippen molar-refractivity contribution in [2.45, 2.75) is 12.5 Å². The molecule has 0 aromatic heterocycles. The van der Waals surface area contributed by atoms with Crippen molar-refractivity contribution in [3.8, 4) is 0 Å². The van der Waals surface area contributed by atoms with Crippen LogP contribution >= 0.6 is 0 Å². The third-order valence-corrected chi connectivity index (χ3v) is 1.90. The first-order chi connectivity index (χ1) is 5.72. The summed E-state index contributed by atoms with van der Waals surface area (Å²) in [6.45, 7) is 0.834. The van der Waals surface area contributed by atoms with E-state index in [1.54, 1.807) is 0 Å². The van der Waals surface area contributed by atoms with Gasteiger partial charge in [0.2, 0.25) is 0 Å². The van der Waals surface area contributed by atoms with E-state index in [0.717, 1.165) is 0 Å². The smallest absolute Gasteiger partial charge is 0.404 e.